The third kappa shape index (κ3) is 4.57. The fraction of sp³-hybridized carbons (Fsp3) is 0.409. The van der Waals surface area contributed by atoms with Gasteiger partial charge in [-0.1, -0.05) is 64.1 Å². The van der Waals surface area contributed by atoms with Gasteiger partial charge in [0.15, 0.2) is 17.3 Å². The van der Waals surface area contributed by atoms with Crippen molar-refractivity contribution in [3.05, 3.63) is 54.6 Å². The lowest BCUT2D eigenvalue weighted by molar-refractivity contribution is 0.369. The van der Waals surface area contributed by atoms with Crippen LogP contribution in [0.2, 0.25) is 0 Å². The first-order valence-electron chi connectivity index (χ1n) is 9.78. The Morgan fingerprint density at radius 1 is 1.14 bits per heavy atom. The van der Waals surface area contributed by atoms with Crippen LogP contribution >= 0.6 is 0 Å². The molecule has 1 aromatic carbocycles. The Morgan fingerprint density at radius 2 is 1.89 bits per heavy atom. The van der Waals surface area contributed by atoms with E-state index in [1.54, 1.807) is 0 Å². The maximum atomic E-state index is 4.88. The fourth-order valence-electron chi connectivity index (χ4n) is 3.09. The Labute approximate surface area is 167 Å². The van der Waals surface area contributed by atoms with Gasteiger partial charge in [-0.05, 0) is 17.4 Å². The molecule has 2 N–H and O–H groups in total. The van der Waals surface area contributed by atoms with Crippen LogP contribution in [0.1, 0.15) is 39.2 Å². The van der Waals surface area contributed by atoms with E-state index in [0.29, 0.717) is 5.92 Å². The molecular weight excluding hydrogens is 348 g/mol. The molecule has 0 saturated heterocycles. The molecular formula is C22H30N6. The van der Waals surface area contributed by atoms with Crippen molar-refractivity contribution in [2.45, 2.75) is 33.6 Å². The van der Waals surface area contributed by atoms with Crippen molar-refractivity contribution in [2.24, 2.45) is 5.41 Å². The van der Waals surface area contributed by atoms with Crippen LogP contribution < -0.4 is 10.6 Å². The van der Waals surface area contributed by atoms with Gasteiger partial charge in [0, 0.05) is 30.8 Å². The fourth-order valence-corrected chi connectivity index (χ4v) is 3.09. The molecule has 0 aliphatic carbocycles. The van der Waals surface area contributed by atoms with Gasteiger partial charge in [0.05, 0.1) is 0 Å². The van der Waals surface area contributed by atoms with E-state index in [1.165, 1.54) is 0 Å². The molecule has 2 heterocycles. The summed E-state index contributed by atoms with van der Waals surface area (Å²) in [4.78, 5) is 0. The van der Waals surface area contributed by atoms with Crippen LogP contribution in [0, 0.1) is 5.41 Å². The summed E-state index contributed by atoms with van der Waals surface area (Å²) in [6.45, 7) is 15.1. The number of rotatable bonds is 9. The molecule has 0 atom stereocenters. The molecule has 3 rings (SSSR count). The van der Waals surface area contributed by atoms with Crippen molar-refractivity contribution in [2.75, 3.05) is 25.0 Å². The van der Waals surface area contributed by atoms with E-state index in [0.717, 1.165) is 48.1 Å². The van der Waals surface area contributed by atoms with Crippen LogP contribution in [0.15, 0.2) is 49.1 Å². The molecule has 28 heavy (non-hydrogen) atoms. The van der Waals surface area contributed by atoms with Crippen LogP contribution in [0.5, 0.6) is 0 Å². The molecule has 0 amide bonds. The molecule has 0 unspecified atom stereocenters. The number of nitrogens with one attached hydrogen (secondary N) is 2. The highest BCUT2D eigenvalue weighted by atomic mass is 15.4. The first kappa shape index (κ1) is 20.0. The van der Waals surface area contributed by atoms with Gasteiger partial charge < -0.3 is 10.6 Å². The molecule has 6 heteroatoms. The number of hydrogen-bond donors (Lipinski definition) is 2. The standard InChI is InChI=1S/C22H30N6/c1-6-12-23-14-22(4,5)15-24-20-18(16(2)3)13-19-25-26-21(28(19)27-20)17-10-8-7-9-11-17/h6-11,13,16,23H,1,12,14-15H2,2-5H3,(H,24,27). The van der Waals surface area contributed by atoms with Crippen molar-refractivity contribution in [1.29, 1.82) is 0 Å². The summed E-state index contributed by atoms with van der Waals surface area (Å²) in [7, 11) is 0. The lowest BCUT2D eigenvalue weighted by atomic mass is 9.93. The molecule has 0 bridgehead atoms. The van der Waals surface area contributed by atoms with Crippen molar-refractivity contribution in [1.82, 2.24) is 25.1 Å². The Morgan fingerprint density at radius 3 is 2.57 bits per heavy atom. The molecule has 3 aromatic rings. The van der Waals surface area contributed by atoms with Gasteiger partial charge in [0.25, 0.3) is 0 Å². The predicted octanol–water partition coefficient (Wildman–Crippen LogP) is 4.13. The zero-order valence-electron chi connectivity index (χ0n) is 17.2. The van der Waals surface area contributed by atoms with E-state index in [2.05, 4.69) is 61.2 Å². The van der Waals surface area contributed by atoms with Crippen molar-refractivity contribution >= 4 is 11.5 Å². The lowest BCUT2D eigenvalue weighted by Crippen LogP contribution is -2.35. The molecule has 6 nitrogen and oxygen atoms in total. The van der Waals surface area contributed by atoms with Gasteiger partial charge in [0.1, 0.15) is 0 Å². The third-order valence-corrected chi connectivity index (χ3v) is 4.70. The maximum Gasteiger partial charge on any atom is 0.185 e. The number of anilines is 1. The van der Waals surface area contributed by atoms with E-state index in [4.69, 9.17) is 5.10 Å². The van der Waals surface area contributed by atoms with Crippen molar-refractivity contribution < 1.29 is 0 Å². The van der Waals surface area contributed by atoms with Crippen molar-refractivity contribution in [3.8, 4) is 11.4 Å². The highest BCUT2D eigenvalue weighted by Gasteiger charge is 2.20. The van der Waals surface area contributed by atoms with Gasteiger partial charge in [-0.2, -0.15) is 4.52 Å². The topological polar surface area (TPSA) is 67.1 Å². The minimum Gasteiger partial charge on any atom is -0.368 e. The molecule has 0 fully saturated rings. The summed E-state index contributed by atoms with van der Waals surface area (Å²) in [5.74, 6) is 1.97. The summed E-state index contributed by atoms with van der Waals surface area (Å²) >= 11 is 0. The normalized spacial score (nSPS) is 11.9. The summed E-state index contributed by atoms with van der Waals surface area (Å²) < 4.78 is 1.83. The molecule has 0 spiro atoms. The second-order valence-electron chi connectivity index (χ2n) is 8.20. The van der Waals surface area contributed by atoms with Gasteiger partial charge >= 0.3 is 0 Å². The van der Waals surface area contributed by atoms with Crippen LogP contribution in [0.4, 0.5) is 5.82 Å². The zero-order chi connectivity index (χ0) is 20.1. The quantitative estimate of drug-likeness (QED) is 0.433. The van der Waals surface area contributed by atoms with E-state index >= 15 is 0 Å². The Kier molecular flexibility index (Phi) is 6.09. The number of benzene rings is 1. The number of fused-ring (bicyclic) bond motifs is 1. The number of hydrogen-bond acceptors (Lipinski definition) is 5. The minimum atomic E-state index is 0.0728. The van der Waals surface area contributed by atoms with E-state index < -0.39 is 0 Å². The summed E-state index contributed by atoms with van der Waals surface area (Å²) in [5, 5.41) is 20.6. The number of nitrogens with zero attached hydrogens (tertiary/aromatic N) is 4. The second kappa shape index (κ2) is 8.52. The predicted molar refractivity (Wildman–Crippen MR) is 116 cm³/mol. The van der Waals surface area contributed by atoms with Gasteiger partial charge in [0.2, 0.25) is 0 Å². The van der Waals surface area contributed by atoms with Crippen molar-refractivity contribution in [3.63, 3.8) is 0 Å². The van der Waals surface area contributed by atoms with Crippen LogP contribution in [-0.2, 0) is 0 Å². The monoisotopic (exact) mass is 378 g/mol. The highest BCUT2D eigenvalue weighted by molar-refractivity contribution is 5.61. The average molecular weight is 379 g/mol. The third-order valence-electron chi connectivity index (χ3n) is 4.70. The zero-order valence-corrected chi connectivity index (χ0v) is 17.2. The SMILES string of the molecule is C=CCNCC(C)(C)CNc1nn2c(-c3ccccc3)nnc2cc1C(C)C. The van der Waals surface area contributed by atoms with E-state index in [9.17, 15) is 0 Å². The van der Waals surface area contributed by atoms with E-state index in [1.807, 2.05) is 40.9 Å². The van der Waals surface area contributed by atoms with E-state index in [-0.39, 0.29) is 5.41 Å². The highest BCUT2D eigenvalue weighted by Crippen LogP contribution is 2.27. The second-order valence-corrected chi connectivity index (χ2v) is 8.20. The van der Waals surface area contributed by atoms with Crippen LogP contribution in [-0.4, -0.2) is 39.4 Å². The minimum absolute atomic E-state index is 0.0728. The maximum absolute atomic E-state index is 4.88. The summed E-state index contributed by atoms with van der Waals surface area (Å²) in [6.07, 6.45) is 1.88. The largest absolute Gasteiger partial charge is 0.368 e. The van der Waals surface area contributed by atoms with Crippen LogP contribution in [0.3, 0.4) is 0 Å². The van der Waals surface area contributed by atoms with Gasteiger partial charge in [-0.3, -0.25) is 0 Å². The molecule has 0 aliphatic rings. The summed E-state index contributed by atoms with van der Waals surface area (Å²) in [5.41, 5.74) is 2.98. The Hall–Kier alpha value is -2.73. The summed E-state index contributed by atoms with van der Waals surface area (Å²) in [6, 6.07) is 12.1. The molecule has 2 aromatic heterocycles. The molecule has 148 valence electrons. The van der Waals surface area contributed by atoms with Crippen LogP contribution in [0.25, 0.3) is 17.0 Å². The molecule has 0 radical (unpaired) electrons. The van der Waals surface area contributed by atoms with Gasteiger partial charge in [-0.25, -0.2) is 0 Å². The molecule has 0 aliphatic heterocycles. The smallest absolute Gasteiger partial charge is 0.185 e. The lowest BCUT2D eigenvalue weighted by Gasteiger charge is -2.26. The number of aromatic nitrogens is 4. The Bertz CT molecular complexity index is 927. The van der Waals surface area contributed by atoms with Gasteiger partial charge in [-0.15, -0.1) is 21.9 Å². The average Bonchev–Trinajstić information content (AvgIpc) is 3.09. The Balaban J connectivity index is 1.91. The first-order valence-corrected chi connectivity index (χ1v) is 9.78. The molecule has 0 saturated carbocycles. The first-order chi connectivity index (χ1) is 13.4.